The molecule has 1 N–H and O–H groups in total. The molecule has 0 saturated heterocycles. The topological polar surface area (TPSA) is 89.4 Å². The van der Waals surface area contributed by atoms with Gasteiger partial charge in [-0.25, -0.2) is 0 Å². The Bertz CT molecular complexity index is 31.5. The zero-order valence-electron chi connectivity index (χ0n) is 5.17. The van der Waals surface area contributed by atoms with E-state index in [0.717, 1.165) is 0 Å². The normalized spacial score (nSPS) is 7.50. The van der Waals surface area contributed by atoms with Gasteiger partial charge in [-0.1, -0.05) is 0 Å². The van der Waals surface area contributed by atoms with Crippen LogP contribution in [0.25, 0.3) is 0 Å². The van der Waals surface area contributed by atoms with Crippen molar-refractivity contribution in [3.63, 3.8) is 0 Å². The predicted molar refractivity (Wildman–Crippen MR) is 7.97 cm³/mol. The third kappa shape index (κ3) is 59.0. The van der Waals surface area contributed by atoms with E-state index in [9.17, 15) is 0 Å². The third-order valence-electron chi connectivity index (χ3n) is 0. The Morgan fingerprint density at radius 2 is 1.12 bits per heavy atom. The van der Waals surface area contributed by atoms with Crippen LogP contribution in [0.2, 0.25) is 0 Å². The fourth-order valence-electron chi connectivity index (χ4n) is 0. The van der Waals surface area contributed by atoms with Crippen molar-refractivity contribution >= 4 is 9.05 Å². The fourth-order valence-corrected chi connectivity index (χ4v) is 0. The van der Waals surface area contributed by atoms with Crippen molar-refractivity contribution in [1.29, 1.82) is 0 Å². The molecule has 0 aromatic rings. The molecular formula is HKLiNaO4Si. The van der Waals surface area contributed by atoms with Crippen LogP contribution in [0.1, 0.15) is 0 Å². The van der Waals surface area contributed by atoms with Gasteiger partial charge in [0.1, 0.15) is 0 Å². The number of hydrogen-bond acceptors (Lipinski definition) is 4. The van der Waals surface area contributed by atoms with Crippen LogP contribution in [-0.4, -0.2) is 13.8 Å². The van der Waals surface area contributed by atoms with E-state index in [1.54, 1.807) is 0 Å². The molecule has 32 valence electrons. The quantitative estimate of drug-likeness (QED) is 0.358. The molecule has 0 aliphatic heterocycles. The van der Waals surface area contributed by atoms with Crippen molar-refractivity contribution < 1.29 is 119 Å². The zero-order chi connectivity index (χ0) is 4.50. The second-order valence-electron chi connectivity index (χ2n) is 0.524. The van der Waals surface area contributed by atoms with Crippen LogP contribution in [0.5, 0.6) is 0 Å². The summed E-state index contributed by atoms with van der Waals surface area (Å²) in [6, 6.07) is 0. The minimum atomic E-state index is -5.36. The van der Waals surface area contributed by atoms with E-state index in [1.807, 2.05) is 0 Å². The smallest absolute Gasteiger partial charge is 0.861 e. The molecule has 0 aliphatic rings. The van der Waals surface area contributed by atoms with Gasteiger partial charge < -0.3 is 19.2 Å². The van der Waals surface area contributed by atoms with Crippen LogP contribution in [-0.2, 0) is 0 Å². The molecule has 8 heavy (non-hydrogen) atoms. The van der Waals surface area contributed by atoms with Crippen molar-refractivity contribution in [3.05, 3.63) is 0 Å². The fraction of sp³-hybridized carbons (Fsp3) is 0. The van der Waals surface area contributed by atoms with Crippen LogP contribution >= 0.6 is 0 Å². The molecule has 0 aliphatic carbocycles. The van der Waals surface area contributed by atoms with Crippen molar-refractivity contribution in [2.24, 2.45) is 0 Å². The second-order valence-corrected chi connectivity index (χ2v) is 1.57. The third-order valence-corrected chi connectivity index (χ3v) is 0. The summed E-state index contributed by atoms with van der Waals surface area (Å²) in [7, 11) is -5.36. The van der Waals surface area contributed by atoms with Gasteiger partial charge in [0.2, 0.25) is 0 Å². The monoisotopic (exact) mass is 162 g/mol. The molecule has 0 aromatic heterocycles. The van der Waals surface area contributed by atoms with Crippen LogP contribution in [0, 0.1) is 0 Å². The van der Waals surface area contributed by atoms with E-state index in [4.69, 9.17) is 19.2 Å². The Morgan fingerprint density at radius 1 is 1.12 bits per heavy atom. The molecular weight excluding hydrogens is 161 g/mol. The van der Waals surface area contributed by atoms with Gasteiger partial charge in [0.25, 0.3) is 0 Å². The van der Waals surface area contributed by atoms with Gasteiger partial charge >= 0.3 is 99.8 Å². The van der Waals surface area contributed by atoms with E-state index in [0.29, 0.717) is 0 Å². The van der Waals surface area contributed by atoms with Gasteiger partial charge in [-0.3, -0.25) is 0 Å². The van der Waals surface area contributed by atoms with Gasteiger partial charge in [0.05, 0.1) is 0 Å². The first-order valence-electron chi connectivity index (χ1n) is 0.836. The zero-order valence-corrected chi connectivity index (χ0v) is 11.3. The molecule has 8 heteroatoms. The van der Waals surface area contributed by atoms with Gasteiger partial charge in [-0.2, -0.15) is 0 Å². The summed E-state index contributed by atoms with van der Waals surface area (Å²) in [5.74, 6) is 0. The molecule has 0 fully saturated rings. The summed E-state index contributed by atoms with van der Waals surface area (Å²) in [4.78, 5) is 33.1. The Morgan fingerprint density at radius 3 is 1.12 bits per heavy atom. The van der Waals surface area contributed by atoms with Gasteiger partial charge in [0.15, 0.2) is 0 Å². The molecule has 0 radical (unpaired) electrons. The Labute approximate surface area is 125 Å². The Hall–Kier alpha value is 3.29. The maximum atomic E-state index is 8.69. The van der Waals surface area contributed by atoms with Crippen LogP contribution in [0.3, 0.4) is 0 Å². The molecule has 0 spiro atoms. The molecule has 0 heterocycles. The largest absolute Gasteiger partial charge is 1.00 e. The molecule has 0 unspecified atom stereocenters. The van der Waals surface area contributed by atoms with Crippen LogP contribution in [0.4, 0.5) is 0 Å². The van der Waals surface area contributed by atoms with Gasteiger partial charge in [-0.15, -0.1) is 9.05 Å². The summed E-state index contributed by atoms with van der Waals surface area (Å²) in [5.41, 5.74) is 0. The van der Waals surface area contributed by atoms with Crippen LogP contribution in [0.15, 0.2) is 0 Å². The van der Waals surface area contributed by atoms with Crippen molar-refractivity contribution in [2.75, 3.05) is 0 Å². The summed E-state index contributed by atoms with van der Waals surface area (Å²) in [6.45, 7) is 0. The SMILES string of the molecule is [K+].[Li+].[Na+].[O-][Si]([O-])([O-])O. The van der Waals surface area contributed by atoms with E-state index >= 15 is 0 Å². The first-order valence-corrected chi connectivity index (χ1v) is 2.51. The summed E-state index contributed by atoms with van der Waals surface area (Å²) < 4.78 is 0. The maximum absolute atomic E-state index is 8.69. The van der Waals surface area contributed by atoms with Crippen molar-refractivity contribution in [2.45, 2.75) is 0 Å². The first-order chi connectivity index (χ1) is 2.00. The van der Waals surface area contributed by atoms with Crippen molar-refractivity contribution in [1.82, 2.24) is 0 Å². The first kappa shape index (κ1) is 22.5. The van der Waals surface area contributed by atoms with E-state index < -0.39 is 9.05 Å². The van der Waals surface area contributed by atoms with E-state index in [-0.39, 0.29) is 99.8 Å². The Balaban J connectivity index is -0.0000000267. The Kier molecular flexibility index (Phi) is 28.9. The molecule has 0 amide bonds. The molecule has 0 aromatic carbocycles. The van der Waals surface area contributed by atoms with E-state index in [1.165, 1.54) is 0 Å². The minimum absolute atomic E-state index is 0. The standard InChI is InChI=1S/K.Li.Na.HO4Si/c;;;1-5(2,3)4/h;;;1H/q3*+1;-3. The van der Waals surface area contributed by atoms with E-state index in [2.05, 4.69) is 0 Å². The summed E-state index contributed by atoms with van der Waals surface area (Å²) >= 11 is 0. The summed E-state index contributed by atoms with van der Waals surface area (Å²) in [6.07, 6.45) is 0. The number of rotatable bonds is 0. The minimum Gasteiger partial charge on any atom is -0.861 e. The second kappa shape index (κ2) is 10.3. The average Bonchev–Trinajstić information content (AvgIpc) is 0.722. The van der Waals surface area contributed by atoms with Crippen molar-refractivity contribution in [3.8, 4) is 0 Å². The summed E-state index contributed by atoms with van der Waals surface area (Å²) in [5, 5.41) is 0. The predicted octanol–water partition coefficient (Wildman–Crippen LogP) is -13.5. The molecule has 0 atom stereocenters. The van der Waals surface area contributed by atoms with Gasteiger partial charge in [0, 0.05) is 0 Å². The molecule has 4 nitrogen and oxygen atoms in total. The number of hydrogen-bond donors (Lipinski definition) is 1. The molecule has 0 saturated carbocycles. The average molecular weight is 162 g/mol. The van der Waals surface area contributed by atoms with Crippen LogP contribution < -0.4 is 114 Å². The maximum Gasteiger partial charge on any atom is 1.00 e. The van der Waals surface area contributed by atoms with Gasteiger partial charge in [-0.05, 0) is 0 Å². The molecule has 0 bridgehead atoms. The molecule has 0 rings (SSSR count).